The van der Waals surface area contributed by atoms with Gasteiger partial charge in [-0.05, 0) is 24.6 Å². The van der Waals surface area contributed by atoms with Crippen LogP contribution in [0.15, 0.2) is 42.7 Å². The number of nitrogens with one attached hydrogen (secondary N) is 1. The molecule has 0 unspecified atom stereocenters. The number of hydrogen-bond acceptors (Lipinski definition) is 2. The minimum absolute atomic E-state index is 0.951. The number of nitrogens with zero attached hydrogens (tertiary/aromatic N) is 2. The van der Waals surface area contributed by atoms with Gasteiger partial charge in [-0.2, -0.15) is 0 Å². The molecule has 0 fully saturated rings. The lowest BCUT2D eigenvalue weighted by atomic mass is 10.1. The molecular weight excluding hydrogens is 222 g/mol. The third-order valence-electron chi connectivity index (χ3n) is 3.49. The molecule has 18 heavy (non-hydrogen) atoms. The fourth-order valence-electron chi connectivity index (χ4n) is 2.56. The number of para-hydroxylation sites is 1. The van der Waals surface area contributed by atoms with Crippen LogP contribution in [0.2, 0.25) is 0 Å². The van der Waals surface area contributed by atoms with Gasteiger partial charge in [0.25, 0.3) is 0 Å². The molecule has 0 spiro atoms. The average Bonchev–Trinajstić information content (AvgIpc) is 2.79. The first-order chi connectivity index (χ1) is 8.84. The summed E-state index contributed by atoms with van der Waals surface area (Å²) < 4.78 is 0. The van der Waals surface area contributed by atoms with Gasteiger partial charge in [-0.3, -0.25) is 4.98 Å². The number of pyridine rings is 2. The molecule has 0 amide bonds. The molecule has 3 aromatic heterocycles. The third kappa shape index (κ3) is 1.13. The molecule has 4 aromatic rings. The highest BCUT2D eigenvalue weighted by Crippen LogP contribution is 2.29. The summed E-state index contributed by atoms with van der Waals surface area (Å²) in [4.78, 5) is 12.3. The van der Waals surface area contributed by atoms with Crippen molar-refractivity contribution in [3.8, 4) is 0 Å². The van der Waals surface area contributed by atoms with Crippen LogP contribution in [0.4, 0.5) is 0 Å². The van der Waals surface area contributed by atoms with Gasteiger partial charge in [0, 0.05) is 22.5 Å². The fourth-order valence-corrected chi connectivity index (χ4v) is 2.56. The van der Waals surface area contributed by atoms with E-state index in [0.717, 1.165) is 27.5 Å². The summed E-state index contributed by atoms with van der Waals surface area (Å²) in [7, 11) is 0. The van der Waals surface area contributed by atoms with E-state index in [9.17, 15) is 0 Å². The van der Waals surface area contributed by atoms with Crippen LogP contribution in [0.1, 0.15) is 5.56 Å². The molecule has 3 heteroatoms. The van der Waals surface area contributed by atoms with Crippen molar-refractivity contribution in [3.63, 3.8) is 0 Å². The van der Waals surface area contributed by atoms with Crippen LogP contribution < -0.4 is 0 Å². The molecule has 0 aliphatic heterocycles. The molecule has 0 saturated heterocycles. The van der Waals surface area contributed by atoms with Gasteiger partial charge < -0.3 is 4.98 Å². The van der Waals surface area contributed by atoms with Crippen molar-refractivity contribution in [1.29, 1.82) is 0 Å². The van der Waals surface area contributed by atoms with E-state index in [1.165, 1.54) is 10.9 Å². The van der Waals surface area contributed by atoms with Gasteiger partial charge in [-0.1, -0.05) is 18.2 Å². The Morgan fingerprint density at radius 3 is 2.89 bits per heavy atom. The van der Waals surface area contributed by atoms with Gasteiger partial charge in [0.15, 0.2) is 0 Å². The van der Waals surface area contributed by atoms with Crippen molar-refractivity contribution in [1.82, 2.24) is 15.0 Å². The second kappa shape index (κ2) is 3.29. The molecule has 1 aromatic carbocycles. The van der Waals surface area contributed by atoms with Crippen LogP contribution in [0.3, 0.4) is 0 Å². The third-order valence-corrected chi connectivity index (χ3v) is 3.49. The molecule has 0 atom stereocenters. The van der Waals surface area contributed by atoms with E-state index in [0.29, 0.717) is 0 Å². The Labute approximate surface area is 103 Å². The normalized spacial score (nSPS) is 11.6. The molecule has 0 radical (unpaired) electrons. The molecule has 86 valence electrons. The monoisotopic (exact) mass is 233 g/mol. The van der Waals surface area contributed by atoms with Crippen LogP contribution >= 0.6 is 0 Å². The van der Waals surface area contributed by atoms with E-state index in [-0.39, 0.29) is 0 Å². The summed E-state index contributed by atoms with van der Waals surface area (Å²) in [6.45, 7) is 2.13. The standard InChI is InChI=1S/C15H11N3/c1-9-10-6-7-16-8-13(10)18-15-11-4-2-3-5-12(11)17-14(9)15/h2-8,17H,1H3. The van der Waals surface area contributed by atoms with Crippen LogP contribution in [0.25, 0.3) is 32.8 Å². The smallest absolute Gasteiger partial charge is 0.0968 e. The van der Waals surface area contributed by atoms with E-state index < -0.39 is 0 Å². The quantitative estimate of drug-likeness (QED) is 0.504. The van der Waals surface area contributed by atoms with E-state index in [1.807, 2.05) is 30.6 Å². The van der Waals surface area contributed by atoms with Crippen molar-refractivity contribution in [2.75, 3.05) is 0 Å². The summed E-state index contributed by atoms with van der Waals surface area (Å²) in [5.41, 5.74) is 5.46. The van der Waals surface area contributed by atoms with E-state index in [1.54, 1.807) is 0 Å². The minimum atomic E-state index is 0.951. The second-order valence-electron chi connectivity index (χ2n) is 4.52. The van der Waals surface area contributed by atoms with Crippen LogP contribution in [-0.2, 0) is 0 Å². The lowest BCUT2D eigenvalue weighted by Crippen LogP contribution is -1.86. The molecule has 3 nitrogen and oxygen atoms in total. The topological polar surface area (TPSA) is 41.6 Å². The summed E-state index contributed by atoms with van der Waals surface area (Å²) in [5, 5.41) is 2.32. The van der Waals surface area contributed by atoms with E-state index in [4.69, 9.17) is 4.98 Å². The first kappa shape index (κ1) is 9.59. The molecule has 0 saturated carbocycles. The average molecular weight is 233 g/mol. The number of H-pyrrole nitrogens is 1. The van der Waals surface area contributed by atoms with Gasteiger partial charge in [0.1, 0.15) is 0 Å². The Kier molecular flexibility index (Phi) is 1.75. The SMILES string of the molecule is Cc1c2ccncc2nc2c1[nH]c1ccccc12. The Morgan fingerprint density at radius 1 is 1.06 bits per heavy atom. The van der Waals surface area contributed by atoms with Crippen LogP contribution in [0.5, 0.6) is 0 Å². The van der Waals surface area contributed by atoms with Crippen molar-refractivity contribution in [3.05, 3.63) is 48.3 Å². The highest BCUT2D eigenvalue weighted by Gasteiger charge is 2.10. The zero-order valence-electron chi connectivity index (χ0n) is 9.94. The first-order valence-corrected chi connectivity index (χ1v) is 5.95. The first-order valence-electron chi connectivity index (χ1n) is 5.95. The van der Waals surface area contributed by atoms with Crippen LogP contribution in [0, 0.1) is 6.92 Å². The highest BCUT2D eigenvalue weighted by molar-refractivity contribution is 6.09. The van der Waals surface area contributed by atoms with Gasteiger partial charge in [-0.25, -0.2) is 4.98 Å². The molecule has 0 bridgehead atoms. The van der Waals surface area contributed by atoms with Crippen molar-refractivity contribution >= 4 is 32.8 Å². The number of aromatic amines is 1. The van der Waals surface area contributed by atoms with Crippen LogP contribution in [-0.4, -0.2) is 15.0 Å². The molecule has 3 heterocycles. The minimum Gasteiger partial charge on any atom is -0.353 e. The lowest BCUT2D eigenvalue weighted by Gasteiger charge is -2.02. The van der Waals surface area contributed by atoms with Crippen molar-refractivity contribution in [2.45, 2.75) is 6.92 Å². The van der Waals surface area contributed by atoms with Gasteiger partial charge in [0.2, 0.25) is 0 Å². The Hall–Kier alpha value is -2.42. The maximum absolute atomic E-state index is 4.73. The second-order valence-corrected chi connectivity index (χ2v) is 4.52. The maximum Gasteiger partial charge on any atom is 0.0968 e. The molecular formula is C15H11N3. The predicted molar refractivity (Wildman–Crippen MR) is 73.6 cm³/mol. The molecule has 1 N–H and O–H groups in total. The summed E-state index contributed by atoms with van der Waals surface area (Å²) in [6.07, 6.45) is 3.63. The molecule has 0 aliphatic carbocycles. The van der Waals surface area contributed by atoms with Gasteiger partial charge >= 0.3 is 0 Å². The highest BCUT2D eigenvalue weighted by atomic mass is 14.8. The Morgan fingerprint density at radius 2 is 1.94 bits per heavy atom. The lowest BCUT2D eigenvalue weighted by molar-refractivity contribution is 1.32. The summed E-state index contributed by atoms with van der Waals surface area (Å²) in [5.74, 6) is 0. The van der Waals surface area contributed by atoms with E-state index in [2.05, 4.69) is 29.0 Å². The Balaban J connectivity index is 2.33. The van der Waals surface area contributed by atoms with Crippen molar-refractivity contribution < 1.29 is 0 Å². The number of fused-ring (bicyclic) bond motifs is 4. The number of aryl methyl sites for hydroxylation is 1. The summed E-state index contributed by atoms with van der Waals surface area (Å²) in [6, 6.07) is 10.3. The van der Waals surface area contributed by atoms with Gasteiger partial charge in [0.05, 0.1) is 22.7 Å². The maximum atomic E-state index is 4.73. The number of aromatic nitrogens is 3. The number of hydrogen-bond donors (Lipinski definition) is 1. The summed E-state index contributed by atoms with van der Waals surface area (Å²) >= 11 is 0. The largest absolute Gasteiger partial charge is 0.353 e. The van der Waals surface area contributed by atoms with Crippen molar-refractivity contribution in [2.24, 2.45) is 0 Å². The zero-order valence-corrected chi connectivity index (χ0v) is 9.94. The molecule has 4 rings (SSSR count). The Bertz CT molecular complexity index is 890. The molecule has 0 aliphatic rings. The van der Waals surface area contributed by atoms with E-state index >= 15 is 0 Å². The number of rotatable bonds is 0. The zero-order chi connectivity index (χ0) is 12.1. The fraction of sp³-hybridized carbons (Fsp3) is 0.0667. The predicted octanol–water partition coefficient (Wildman–Crippen LogP) is 3.57. The van der Waals surface area contributed by atoms with Gasteiger partial charge in [-0.15, -0.1) is 0 Å². The number of benzene rings is 1.